The molecule has 2 rings (SSSR count). The fraction of sp³-hybridized carbons (Fsp3) is 0.400. The minimum Gasteiger partial charge on any atom is -0.497 e. The standard InChI is InChI=1S/C15H20N2O2/c1-6-11-9(2)17-12-7-10(18-4)8-13(19-5)14(12)15(11)16-3/h7-8H,6H2,1-5H3,(H,16,17). The van der Waals surface area contributed by atoms with E-state index in [4.69, 9.17) is 9.47 Å². The minimum absolute atomic E-state index is 0.752. The maximum absolute atomic E-state index is 5.49. The Morgan fingerprint density at radius 2 is 1.95 bits per heavy atom. The van der Waals surface area contributed by atoms with Crippen LogP contribution in [0, 0.1) is 6.92 Å². The second kappa shape index (κ2) is 5.34. The highest BCUT2D eigenvalue weighted by atomic mass is 16.5. The van der Waals surface area contributed by atoms with Crippen LogP contribution in [-0.2, 0) is 6.42 Å². The summed E-state index contributed by atoms with van der Waals surface area (Å²) in [4.78, 5) is 4.67. The molecule has 0 spiro atoms. The van der Waals surface area contributed by atoms with Gasteiger partial charge < -0.3 is 14.8 Å². The van der Waals surface area contributed by atoms with E-state index in [0.29, 0.717) is 0 Å². The number of hydrogen-bond donors (Lipinski definition) is 1. The van der Waals surface area contributed by atoms with E-state index in [-0.39, 0.29) is 0 Å². The lowest BCUT2D eigenvalue weighted by molar-refractivity contribution is 0.398. The number of nitrogens with zero attached hydrogens (tertiary/aromatic N) is 1. The number of methoxy groups -OCH3 is 2. The lowest BCUT2D eigenvalue weighted by Crippen LogP contribution is -2.03. The quantitative estimate of drug-likeness (QED) is 0.917. The second-order valence-electron chi connectivity index (χ2n) is 4.38. The number of anilines is 1. The van der Waals surface area contributed by atoms with Gasteiger partial charge in [-0.25, -0.2) is 0 Å². The van der Waals surface area contributed by atoms with E-state index >= 15 is 0 Å². The van der Waals surface area contributed by atoms with Crippen molar-refractivity contribution in [3.63, 3.8) is 0 Å². The molecule has 0 fully saturated rings. The Kier molecular flexibility index (Phi) is 3.79. The third-order valence-electron chi connectivity index (χ3n) is 3.39. The Bertz CT molecular complexity index is 609. The van der Waals surface area contributed by atoms with Crippen LogP contribution >= 0.6 is 0 Å². The molecule has 0 unspecified atom stereocenters. The van der Waals surface area contributed by atoms with E-state index in [1.165, 1.54) is 5.56 Å². The molecule has 1 aromatic carbocycles. The zero-order chi connectivity index (χ0) is 14.0. The van der Waals surface area contributed by atoms with E-state index in [1.54, 1.807) is 14.2 Å². The molecule has 1 heterocycles. The normalized spacial score (nSPS) is 10.6. The van der Waals surface area contributed by atoms with E-state index in [9.17, 15) is 0 Å². The van der Waals surface area contributed by atoms with E-state index < -0.39 is 0 Å². The van der Waals surface area contributed by atoms with Gasteiger partial charge in [0, 0.05) is 24.9 Å². The van der Waals surface area contributed by atoms with Gasteiger partial charge >= 0.3 is 0 Å². The van der Waals surface area contributed by atoms with Gasteiger partial charge in [0.2, 0.25) is 0 Å². The van der Waals surface area contributed by atoms with Crippen LogP contribution in [0.5, 0.6) is 11.5 Å². The SMILES string of the molecule is CCc1c(C)nc2cc(OC)cc(OC)c2c1NC. The lowest BCUT2D eigenvalue weighted by Gasteiger charge is -2.17. The summed E-state index contributed by atoms with van der Waals surface area (Å²) in [5, 5.41) is 4.29. The maximum Gasteiger partial charge on any atom is 0.134 e. The molecule has 4 heteroatoms. The molecule has 1 N–H and O–H groups in total. The zero-order valence-corrected chi connectivity index (χ0v) is 12.1. The van der Waals surface area contributed by atoms with Crippen LogP contribution in [0.2, 0.25) is 0 Å². The van der Waals surface area contributed by atoms with Crippen molar-refractivity contribution < 1.29 is 9.47 Å². The van der Waals surface area contributed by atoms with Gasteiger partial charge in [0.25, 0.3) is 0 Å². The highest BCUT2D eigenvalue weighted by Gasteiger charge is 2.15. The predicted molar refractivity (Wildman–Crippen MR) is 78.5 cm³/mol. The molecule has 1 aromatic heterocycles. The monoisotopic (exact) mass is 260 g/mol. The van der Waals surface area contributed by atoms with Crippen molar-refractivity contribution in [2.45, 2.75) is 20.3 Å². The van der Waals surface area contributed by atoms with Crippen molar-refractivity contribution in [2.75, 3.05) is 26.6 Å². The summed E-state index contributed by atoms with van der Waals surface area (Å²) in [6, 6.07) is 3.82. The highest BCUT2D eigenvalue weighted by molar-refractivity contribution is 5.99. The van der Waals surface area contributed by atoms with Crippen LogP contribution in [-0.4, -0.2) is 26.3 Å². The van der Waals surface area contributed by atoms with Crippen molar-refractivity contribution >= 4 is 16.6 Å². The summed E-state index contributed by atoms with van der Waals surface area (Å²) < 4.78 is 10.8. The average Bonchev–Trinajstić information content (AvgIpc) is 2.44. The first-order valence-electron chi connectivity index (χ1n) is 6.39. The number of pyridine rings is 1. The topological polar surface area (TPSA) is 43.4 Å². The van der Waals surface area contributed by atoms with Crippen LogP contribution in [0.4, 0.5) is 5.69 Å². The Morgan fingerprint density at radius 1 is 1.21 bits per heavy atom. The number of aromatic nitrogens is 1. The molecule has 0 atom stereocenters. The van der Waals surface area contributed by atoms with Crippen molar-refractivity contribution in [1.29, 1.82) is 0 Å². The third-order valence-corrected chi connectivity index (χ3v) is 3.39. The van der Waals surface area contributed by atoms with Crippen LogP contribution in [0.1, 0.15) is 18.2 Å². The average molecular weight is 260 g/mol. The van der Waals surface area contributed by atoms with E-state index in [1.807, 2.05) is 26.1 Å². The van der Waals surface area contributed by atoms with Crippen LogP contribution in [0.3, 0.4) is 0 Å². The molecule has 0 radical (unpaired) electrons. The highest BCUT2D eigenvalue weighted by Crippen LogP contribution is 2.38. The van der Waals surface area contributed by atoms with Gasteiger partial charge in [-0.15, -0.1) is 0 Å². The smallest absolute Gasteiger partial charge is 0.134 e. The molecule has 0 aliphatic rings. The second-order valence-corrected chi connectivity index (χ2v) is 4.38. The molecule has 0 bridgehead atoms. The van der Waals surface area contributed by atoms with Gasteiger partial charge in [0.1, 0.15) is 11.5 Å². The maximum atomic E-state index is 5.49. The molecule has 0 saturated heterocycles. The Hall–Kier alpha value is -1.97. The third kappa shape index (κ3) is 2.18. The molecular formula is C15H20N2O2. The Balaban J connectivity index is 2.90. The number of fused-ring (bicyclic) bond motifs is 1. The summed E-state index contributed by atoms with van der Waals surface area (Å²) in [7, 11) is 5.24. The van der Waals surface area contributed by atoms with E-state index in [0.717, 1.165) is 40.2 Å². The summed E-state index contributed by atoms with van der Waals surface area (Å²) in [5.41, 5.74) is 4.23. The first kappa shape index (κ1) is 13.5. The first-order chi connectivity index (χ1) is 9.15. The lowest BCUT2D eigenvalue weighted by atomic mass is 10.0. The summed E-state index contributed by atoms with van der Waals surface area (Å²) in [5.74, 6) is 1.53. The number of aryl methyl sites for hydroxylation is 1. The molecule has 0 amide bonds. The summed E-state index contributed by atoms with van der Waals surface area (Å²) in [6.07, 6.45) is 0.931. The number of hydrogen-bond acceptors (Lipinski definition) is 4. The molecule has 2 aromatic rings. The Labute approximate surface area is 113 Å². The van der Waals surface area contributed by atoms with Gasteiger partial charge in [0.15, 0.2) is 0 Å². The fourth-order valence-electron chi connectivity index (χ4n) is 2.48. The molecule has 0 saturated carbocycles. The fourth-order valence-corrected chi connectivity index (χ4v) is 2.48. The van der Waals surface area contributed by atoms with Gasteiger partial charge in [-0.05, 0) is 18.9 Å². The van der Waals surface area contributed by atoms with Gasteiger partial charge in [0.05, 0.1) is 30.8 Å². The van der Waals surface area contributed by atoms with Crippen molar-refractivity contribution in [1.82, 2.24) is 4.98 Å². The number of ether oxygens (including phenoxy) is 2. The molecule has 19 heavy (non-hydrogen) atoms. The van der Waals surface area contributed by atoms with Crippen molar-refractivity contribution in [2.24, 2.45) is 0 Å². The van der Waals surface area contributed by atoms with Crippen LogP contribution in [0.25, 0.3) is 10.9 Å². The minimum atomic E-state index is 0.752. The number of rotatable bonds is 4. The van der Waals surface area contributed by atoms with E-state index in [2.05, 4.69) is 17.2 Å². The largest absolute Gasteiger partial charge is 0.497 e. The molecular weight excluding hydrogens is 240 g/mol. The van der Waals surface area contributed by atoms with Crippen molar-refractivity contribution in [3.05, 3.63) is 23.4 Å². The molecule has 0 aliphatic carbocycles. The predicted octanol–water partition coefficient (Wildman–Crippen LogP) is 3.16. The van der Waals surface area contributed by atoms with Gasteiger partial charge in [-0.2, -0.15) is 0 Å². The number of benzene rings is 1. The molecule has 0 aliphatic heterocycles. The van der Waals surface area contributed by atoms with Gasteiger partial charge in [-0.3, -0.25) is 4.98 Å². The van der Waals surface area contributed by atoms with Crippen LogP contribution in [0.15, 0.2) is 12.1 Å². The zero-order valence-electron chi connectivity index (χ0n) is 12.1. The summed E-state index contributed by atoms with van der Waals surface area (Å²) >= 11 is 0. The number of nitrogens with one attached hydrogen (secondary N) is 1. The van der Waals surface area contributed by atoms with Crippen molar-refractivity contribution in [3.8, 4) is 11.5 Å². The summed E-state index contributed by atoms with van der Waals surface area (Å²) in [6.45, 7) is 4.16. The Morgan fingerprint density at radius 3 is 2.47 bits per heavy atom. The molecule has 102 valence electrons. The van der Waals surface area contributed by atoms with Gasteiger partial charge in [-0.1, -0.05) is 6.92 Å². The first-order valence-corrected chi connectivity index (χ1v) is 6.39. The molecule has 4 nitrogen and oxygen atoms in total. The van der Waals surface area contributed by atoms with Crippen LogP contribution < -0.4 is 14.8 Å².